The molecule has 0 spiro atoms. The number of carbonyl (C=O) groups excluding carboxylic acids is 1. The molecule has 0 atom stereocenters. The van der Waals surface area contributed by atoms with Crippen molar-refractivity contribution in [1.29, 1.82) is 0 Å². The van der Waals surface area contributed by atoms with Gasteiger partial charge in [0, 0.05) is 6.08 Å². The van der Waals surface area contributed by atoms with E-state index in [-0.39, 0.29) is 12.4 Å². The molecule has 5 nitrogen and oxygen atoms in total. The molecule has 2 aromatic carbocycles. The summed E-state index contributed by atoms with van der Waals surface area (Å²) in [4.78, 5) is 11.8. The van der Waals surface area contributed by atoms with E-state index in [0.717, 1.165) is 5.56 Å². The minimum absolute atomic E-state index is 0.0311. The normalized spacial score (nSPS) is 10.6. The first-order valence-electron chi connectivity index (χ1n) is 8.05. The van der Waals surface area contributed by atoms with Gasteiger partial charge in [0.25, 0.3) is 0 Å². The Hall–Kier alpha value is -3.02. The van der Waals surface area contributed by atoms with E-state index in [1.165, 1.54) is 25.3 Å². The van der Waals surface area contributed by atoms with Crippen molar-refractivity contribution in [3.63, 3.8) is 0 Å². The minimum Gasteiger partial charge on any atom is -0.494 e. The van der Waals surface area contributed by atoms with E-state index < -0.39 is 11.8 Å². The lowest BCUT2D eigenvalue weighted by Crippen LogP contribution is -2.01. The lowest BCUT2D eigenvalue weighted by molar-refractivity contribution is -0.138. The first kappa shape index (κ1) is 19.3. The topological polar surface area (TPSA) is 54.0 Å². The number of ether oxygens (including phenoxy) is 4. The Morgan fingerprint density at radius 1 is 1.04 bits per heavy atom. The van der Waals surface area contributed by atoms with Crippen molar-refractivity contribution >= 4 is 12.0 Å². The zero-order valence-electron chi connectivity index (χ0n) is 15.0. The Kier molecular flexibility index (Phi) is 7.02. The average Bonchev–Trinajstić information content (AvgIpc) is 2.65. The number of carbonyl (C=O) groups is 1. The van der Waals surface area contributed by atoms with Crippen LogP contribution in [0.1, 0.15) is 18.1 Å². The van der Waals surface area contributed by atoms with Crippen LogP contribution in [0.2, 0.25) is 0 Å². The highest BCUT2D eigenvalue weighted by molar-refractivity contribution is 5.87. The Bertz CT molecular complexity index is 786. The molecule has 2 aromatic rings. The van der Waals surface area contributed by atoms with Crippen molar-refractivity contribution in [2.24, 2.45) is 0 Å². The first-order valence-corrected chi connectivity index (χ1v) is 8.05. The second kappa shape index (κ2) is 9.46. The van der Waals surface area contributed by atoms with Crippen molar-refractivity contribution in [1.82, 2.24) is 0 Å². The summed E-state index contributed by atoms with van der Waals surface area (Å²) in [5, 5.41) is 0. The van der Waals surface area contributed by atoms with Crippen LogP contribution in [0.15, 0.2) is 42.5 Å². The molecule has 0 fully saturated rings. The highest BCUT2D eigenvalue weighted by Gasteiger charge is 2.06. The van der Waals surface area contributed by atoms with Gasteiger partial charge in [-0.05, 0) is 48.4 Å². The zero-order valence-corrected chi connectivity index (χ0v) is 15.0. The van der Waals surface area contributed by atoms with Gasteiger partial charge in [-0.15, -0.1) is 0 Å². The van der Waals surface area contributed by atoms with E-state index in [9.17, 15) is 9.18 Å². The molecule has 0 unspecified atom stereocenters. The highest BCUT2D eigenvalue weighted by atomic mass is 19.1. The molecule has 0 aromatic heterocycles. The third kappa shape index (κ3) is 5.24. The lowest BCUT2D eigenvalue weighted by atomic mass is 10.2. The fraction of sp³-hybridized carbons (Fsp3) is 0.250. The molecule has 0 heterocycles. The molecular weight excluding hydrogens is 339 g/mol. The van der Waals surface area contributed by atoms with Crippen LogP contribution in [0.4, 0.5) is 4.39 Å². The SMILES string of the molecule is CCOc1ccc(/C=C/C(=O)OCc2ccc(OC)c(F)c2)cc1OC. The summed E-state index contributed by atoms with van der Waals surface area (Å²) in [5.41, 5.74) is 1.30. The maximum atomic E-state index is 13.6. The van der Waals surface area contributed by atoms with Gasteiger partial charge in [0.15, 0.2) is 23.1 Å². The molecule has 0 amide bonds. The van der Waals surface area contributed by atoms with E-state index in [2.05, 4.69) is 0 Å². The fourth-order valence-corrected chi connectivity index (χ4v) is 2.23. The molecule has 138 valence electrons. The first-order chi connectivity index (χ1) is 12.6. The quantitative estimate of drug-likeness (QED) is 0.526. The minimum atomic E-state index is -0.533. The number of hydrogen-bond acceptors (Lipinski definition) is 5. The Labute approximate surface area is 151 Å². The summed E-state index contributed by atoms with van der Waals surface area (Å²) in [6.07, 6.45) is 2.91. The second-order valence-electron chi connectivity index (χ2n) is 5.25. The van der Waals surface area contributed by atoms with Gasteiger partial charge in [0.1, 0.15) is 6.61 Å². The molecule has 26 heavy (non-hydrogen) atoms. The molecule has 0 N–H and O–H groups in total. The van der Waals surface area contributed by atoms with Gasteiger partial charge in [0.05, 0.1) is 20.8 Å². The summed E-state index contributed by atoms with van der Waals surface area (Å²) in [7, 11) is 2.94. The van der Waals surface area contributed by atoms with Crippen molar-refractivity contribution < 1.29 is 28.1 Å². The Morgan fingerprint density at radius 3 is 2.42 bits per heavy atom. The fourth-order valence-electron chi connectivity index (χ4n) is 2.23. The standard InChI is InChI=1S/C20H21FO5/c1-4-25-18-9-5-14(12-19(18)24-3)7-10-20(22)26-13-15-6-8-17(23-2)16(21)11-15/h5-12H,4,13H2,1-3H3/b10-7+. The highest BCUT2D eigenvalue weighted by Crippen LogP contribution is 2.28. The molecule has 2 rings (SSSR count). The Balaban J connectivity index is 1.95. The monoisotopic (exact) mass is 360 g/mol. The van der Waals surface area contributed by atoms with Crippen LogP contribution in [-0.2, 0) is 16.1 Å². The Morgan fingerprint density at radius 2 is 1.77 bits per heavy atom. The number of halogens is 1. The van der Waals surface area contributed by atoms with Gasteiger partial charge in [-0.2, -0.15) is 0 Å². The average molecular weight is 360 g/mol. The summed E-state index contributed by atoms with van der Waals surface area (Å²) in [5.74, 6) is 0.323. The van der Waals surface area contributed by atoms with Crippen molar-refractivity contribution in [3.05, 3.63) is 59.4 Å². The van der Waals surface area contributed by atoms with E-state index in [1.807, 2.05) is 6.92 Å². The molecule has 0 saturated carbocycles. The summed E-state index contributed by atoms with van der Waals surface area (Å²) >= 11 is 0. The number of methoxy groups -OCH3 is 2. The number of esters is 1. The van der Waals surface area contributed by atoms with Crippen LogP contribution >= 0.6 is 0 Å². The summed E-state index contributed by atoms with van der Waals surface area (Å²) < 4.78 is 34.3. The third-order valence-electron chi connectivity index (χ3n) is 3.50. The van der Waals surface area contributed by atoms with Crippen molar-refractivity contribution in [3.8, 4) is 17.2 Å². The zero-order chi connectivity index (χ0) is 18.9. The van der Waals surface area contributed by atoms with Gasteiger partial charge < -0.3 is 18.9 Å². The lowest BCUT2D eigenvalue weighted by Gasteiger charge is -2.09. The van der Waals surface area contributed by atoms with Crippen LogP contribution < -0.4 is 14.2 Å². The van der Waals surface area contributed by atoms with Gasteiger partial charge in [-0.3, -0.25) is 0 Å². The molecule has 0 aliphatic carbocycles. The van der Waals surface area contributed by atoms with E-state index in [0.29, 0.717) is 23.7 Å². The van der Waals surface area contributed by atoms with E-state index in [4.69, 9.17) is 18.9 Å². The van der Waals surface area contributed by atoms with Crippen LogP contribution in [0, 0.1) is 5.82 Å². The van der Waals surface area contributed by atoms with E-state index in [1.54, 1.807) is 37.5 Å². The van der Waals surface area contributed by atoms with Gasteiger partial charge in [-0.25, -0.2) is 9.18 Å². The molecular formula is C20H21FO5. The van der Waals surface area contributed by atoms with Gasteiger partial charge in [-0.1, -0.05) is 12.1 Å². The maximum Gasteiger partial charge on any atom is 0.331 e. The molecule has 0 radical (unpaired) electrons. The molecule has 0 aliphatic heterocycles. The van der Waals surface area contributed by atoms with Gasteiger partial charge >= 0.3 is 5.97 Å². The smallest absolute Gasteiger partial charge is 0.331 e. The predicted molar refractivity (Wildman–Crippen MR) is 95.9 cm³/mol. The number of benzene rings is 2. The van der Waals surface area contributed by atoms with Crippen LogP contribution in [0.3, 0.4) is 0 Å². The summed E-state index contributed by atoms with van der Waals surface area (Å²) in [6, 6.07) is 9.72. The van der Waals surface area contributed by atoms with E-state index >= 15 is 0 Å². The van der Waals surface area contributed by atoms with Crippen LogP contribution in [-0.4, -0.2) is 26.8 Å². The third-order valence-corrected chi connectivity index (χ3v) is 3.50. The molecule has 0 aliphatic rings. The van der Waals surface area contributed by atoms with Crippen LogP contribution in [0.25, 0.3) is 6.08 Å². The van der Waals surface area contributed by atoms with Gasteiger partial charge in [0.2, 0.25) is 0 Å². The molecule has 6 heteroatoms. The van der Waals surface area contributed by atoms with Crippen molar-refractivity contribution in [2.75, 3.05) is 20.8 Å². The largest absolute Gasteiger partial charge is 0.494 e. The summed E-state index contributed by atoms with van der Waals surface area (Å²) in [6.45, 7) is 2.39. The molecule has 0 bridgehead atoms. The predicted octanol–water partition coefficient (Wildman–Crippen LogP) is 4.00. The number of hydrogen-bond donors (Lipinski definition) is 0. The van der Waals surface area contributed by atoms with Crippen LogP contribution in [0.5, 0.6) is 17.2 Å². The second-order valence-corrected chi connectivity index (χ2v) is 5.25. The number of rotatable bonds is 8. The molecule has 0 saturated heterocycles. The maximum absolute atomic E-state index is 13.6. The van der Waals surface area contributed by atoms with Crippen molar-refractivity contribution in [2.45, 2.75) is 13.5 Å².